The Morgan fingerprint density at radius 3 is 2.46 bits per heavy atom. The minimum atomic E-state index is -0.148. The molecule has 39 heavy (non-hydrogen) atoms. The first-order valence-corrected chi connectivity index (χ1v) is 14.8. The van der Waals surface area contributed by atoms with E-state index in [1.165, 1.54) is 48.8 Å². The molecule has 3 aromatic heterocycles. The van der Waals surface area contributed by atoms with E-state index in [4.69, 9.17) is 0 Å². The number of aromatic nitrogens is 3. The summed E-state index contributed by atoms with van der Waals surface area (Å²) in [4.78, 5) is 21.3. The van der Waals surface area contributed by atoms with Gasteiger partial charge in [0.25, 0.3) is 0 Å². The van der Waals surface area contributed by atoms with Gasteiger partial charge in [0.05, 0.1) is 5.69 Å². The van der Waals surface area contributed by atoms with Crippen LogP contribution < -0.4 is 10.2 Å². The Morgan fingerprint density at radius 2 is 1.85 bits per heavy atom. The van der Waals surface area contributed by atoms with Gasteiger partial charge in [0.1, 0.15) is 17.2 Å². The SMILES string of the molecule is CCCC(C)=O.CCCc1c(N2CCNC(C3CC3)C2)ccnc1C.CCCc1cn2cc(C)nc2cc1F. The lowest BCUT2D eigenvalue weighted by atomic mass is 10.0. The molecule has 1 aliphatic heterocycles. The van der Waals surface area contributed by atoms with Crippen molar-refractivity contribution in [2.24, 2.45) is 5.92 Å². The molecule has 0 bridgehead atoms. The smallest absolute Gasteiger partial charge is 0.139 e. The summed E-state index contributed by atoms with van der Waals surface area (Å²) < 4.78 is 15.3. The van der Waals surface area contributed by atoms with Crippen LogP contribution in [0.1, 0.15) is 88.7 Å². The monoisotopic (exact) mass is 537 g/mol. The molecular formula is C32H48FN5O. The van der Waals surface area contributed by atoms with Crippen molar-refractivity contribution < 1.29 is 9.18 Å². The van der Waals surface area contributed by atoms with Gasteiger partial charge >= 0.3 is 0 Å². The summed E-state index contributed by atoms with van der Waals surface area (Å²) in [7, 11) is 0. The number of nitrogens with zero attached hydrogens (tertiary/aromatic N) is 4. The summed E-state index contributed by atoms with van der Waals surface area (Å²) in [6.45, 7) is 15.4. The second-order valence-corrected chi connectivity index (χ2v) is 11.0. The van der Waals surface area contributed by atoms with E-state index < -0.39 is 0 Å². The highest BCUT2D eigenvalue weighted by atomic mass is 19.1. The van der Waals surface area contributed by atoms with Gasteiger partial charge in [-0.2, -0.15) is 0 Å². The summed E-state index contributed by atoms with van der Waals surface area (Å²) >= 11 is 0. The number of carbonyl (C=O) groups excluding carboxylic acids is 1. The third-order valence-electron chi connectivity index (χ3n) is 7.34. The van der Waals surface area contributed by atoms with Crippen molar-refractivity contribution >= 4 is 17.1 Å². The molecule has 6 nitrogen and oxygen atoms in total. The lowest BCUT2D eigenvalue weighted by Gasteiger charge is -2.36. The first-order chi connectivity index (χ1) is 18.8. The van der Waals surface area contributed by atoms with Gasteiger partial charge in [0, 0.05) is 73.7 Å². The molecule has 0 aromatic carbocycles. The molecule has 2 aliphatic rings. The second kappa shape index (κ2) is 15.1. The van der Waals surface area contributed by atoms with Gasteiger partial charge in [-0.3, -0.25) is 4.98 Å². The molecule has 0 amide bonds. The predicted molar refractivity (Wildman–Crippen MR) is 159 cm³/mol. The van der Waals surface area contributed by atoms with Crippen molar-refractivity contribution in [2.45, 2.75) is 99.0 Å². The zero-order valence-corrected chi connectivity index (χ0v) is 24.9. The number of hydrogen-bond acceptors (Lipinski definition) is 5. The van der Waals surface area contributed by atoms with Gasteiger partial charge in [-0.15, -0.1) is 0 Å². The zero-order chi connectivity index (χ0) is 28.4. The number of halogens is 1. The third kappa shape index (κ3) is 9.13. The standard InChI is InChI=1S/C16H25N3.C11H13FN2.C5H10O/c1-3-4-14-12(2)17-8-7-16(14)19-10-9-18-15(11-19)13-5-6-13;1-3-4-9-7-14-6-8(2)13-11(14)5-10(9)12;1-3-4-5(2)6/h7-8,13,15,18H,3-6,9-11H2,1-2H3;5-7H,3-4H2,1-2H3;3-4H2,1-2H3. The number of imidazole rings is 1. The molecule has 1 N–H and O–H groups in total. The Morgan fingerprint density at radius 1 is 1.10 bits per heavy atom. The van der Waals surface area contributed by atoms with E-state index in [0.29, 0.717) is 11.7 Å². The fourth-order valence-electron chi connectivity index (χ4n) is 5.24. The molecule has 4 heterocycles. The van der Waals surface area contributed by atoms with Gasteiger partial charge in [0.15, 0.2) is 0 Å². The van der Waals surface area contributed by atoms with E-state index >= 15 is 0 Å². The quantitative estimate of drug-likeness (QED) is 0.349. The summed E-state index contributed by atoms with van der Waals surface area (Å²) in [5, 5.41) is 3.69. The number of aryl methyl sites for hydroxylation is 3. The molecule has 1 saturated carbocycles. The molecule has 1 unspecified atom stereocenters. The van der Waals surface area contributed by atoms with Crippen LogP contribution >= 0.6 is 0 Å². The average Bonchev–Trinajstić information content (AvgIpc) is 3.69. The lowest BCUT2D eigenvalue weighted by molar-refractivity contribution is -0.117. The van der Waals surface area contributed by atoms with E-state index in [0.717, 1.165) is 62.4 Å². The number of Topliss-reactive ketones (excluding diaryl/α,β-unsaturated/α-hetero) is 1. The van der Waals surface area contributed by atoms with E-state index in [9.17, 15) is 9.18 Å². The average molecular weight is 538 g/mol. The van der Waals surface area contributed by atoms with Crippen molar-refractivity contribution in [3.63, 3.8) is 0 Å². The Kier molecular flexibility index (Phi) is 11.9. The van der Waals surface area contributed by atoms with Crippen LogP contribution in [0.2, 0.25) is 0 Å². The van der Waals surface area contributed by atoms with E-state index in [1.54, 1.807) is 6.92 Å². The number of carbonyl (C=O) groups is 1. The van der Waals surface area contributed by atoms with Crippen molar-refractivity contribution in [1.82, 2.24) is 19.7 Å². The van der Waals surface area contributed by atoms with Crippen LogP contribution in [0.3, 0.4) is 0 Å². The lowest BCUT2D eigenvalue weighted by Crippen LogP contribution is -2.52. The van der Waals surface area contributed by atoms with Crippen molar-refractivity contribution in [3.05, 3.63) is 59.1 Å². The Bertz CT molecular complexity index is 1200. The van der Waals surface area contributed by atoms with E-state index in [-0.39, 0.29) is 11.6 Å². The van der Waals surface area contributed by atoms with Gasteiger partial charge in [-0.25, -0.2) is 9.37 Å². The number of fused-ring (bicyclic) bond motifs is 1. The Labute approximate surface area is 234 Å². The van der Waals surface area contributed by atoms with Gasteiger partial charge < -0.3 is 19.4 Å². The number of pyridine rings is 2. The maximum Gasteiger partial charge on any atom is 0.139 e. The van der Waals surface area contributed by atoms with Crippen LogP contribution in [0.25, 0.3) is 5.65 Å². The molecule has 1 saturated heterocycles. The summed E-state index contributed by atoms with van der Waals surface area (Å²) in [6, 6.07) is 4.42. The summed E-state index contributed by atoms with van der Waals surface area (Å²) in [5.74, 6) is 1.07. The maximum absolute atomic E-state index is 13.5. The maximum atomic E-state index is 13.5. The van der Waals surface area contributed by atoms with Crippen LogP contribution in [-0.4, -0.2) is 45.8 Å². The topological polar surface area (TPSA) is 62.5 Å². The van der Waals surface area contributed by atoms with Gasteiger partial charge in [-0.1, -0.05) is 33.6 Å². The predicted octanol–water partition coefficient (Wildman–Crippen LogP) is 6.64. The molecule has 7 heteroatoms. The molecule has 1 aliphatic carbocycles. The molecule has 3 aromatic rings. The van der Waals surface area contributed by atoms with Gasteiger partial charge in [0.2, 0.25) is 0 Å². The zero-order valence-electron chi connectivity index (χ0n) is 24.9. The fraction of sp³-hybridized carbons (Fsp3) is 0.594. The van der Waals surface area contributed by atoms with Crippen LogP contribution in [0, 0.1) is 25.6 Å². The molecule has 2 fully saturated rings. The molecule has 1 atom stereocenters. The third-order valence-corrected chi connectivity index (χ3v) is 7.34. The van der Waals surface area contributed by atoms with Crippen LogP contribution in [0.15, 0.2) is 30.7 Å². The molecular weight excluding hydrogens is 489 g/mol. The van der Waals surface area contributed by atoms with Crippen LogP contribution in [0.4, 0.5) is 10.1 Å². The first kappa shape index (κ1) is 30.7. The fourth-order valence-corrected chi connectivity index (χ4v) is 5.24. The first-order valence-electron chi connectivity index (χ1n) is 14.8. The van der Waals surface area contributed by atoms with Crippen molar-refractivity contribution in [2.75, 3.05) is 24.5 Å². The van der Waals surface area contributed by atoms with Gasteiger partial charge in [-0.05, 0) is 70.4 Å². The summed E-state index contributed by atoms with van der Waals surface area (Å²) in [5.41, 5.74) is 6.46. The highest BCUT2D eigenvalue weighted by Gasteiger charge is 2.34. The Balaban J connectivity index is 0.000000185. The van der Waals surface area contributed by atoms with Crippen molar-refractivity contribution in [3.8, 4) is 0 Å². The highest BCUT2D eigenvalue weighted by Crippen LogP contribution is 2.35. The Hall–Kier alpha value is -2.80. The normalized spacial score (nSPS) is 16.8. The van der Waals surface area contributed by atoms with Crippen molar-refractivity contribution in [1.29, 1.82) is 0 Å². The van der Waals surface area contributed by atoms with E-state index in [1.807, 2.05) is 43.8 Å². The minimum absolute atomic E-state index is 0.148. The molecule has 214 valence electrons. The molecule has 0 radical (unpaired) electrons. The summed E-state index contributed by atoms with van der Waals surface area (Å²) in [6.07, 6.45) is 14.3. The number of piperazine rings is 1. The second-order valence-electron chi connectivity index (χ2n) is 11.0. The molecule has 5 rings (SSSR count). The highest BCUT2D eigenvalue weighted by molar-refractivity contribution is 5.75. The molecule has 0 spiro atoms. The number of hydrogen-bond donors (Lipinski definition) is 1. The number of ketones is 1. The largest absolute Gasteiger partial charge is 0.368 e. The minimum Gasteiger partial charge on any atom is -0.368 e. The number of nitrogens with one attached hydrogen (secondary N) is 1. The van der Waals surface area contributed by atoms with Crippen LogP contribution in [0.5, 0.6) is 0 Å². The van der Waals surface area contributed by atoms with E-state index in [2.05, 4.69) is 40.1 Å². The van der Waals surface area contributed by atoms with Crippen LogP contribution in [-0.2, 0) is 17.6 Å². The number of rotatable bonds is 8. The number of anilines is 1.